The first-order valence-corrected chi connectivity index (χ1v) is 7.54. The highest BCUT2D eigenvalue weighted by Gasteiger charge is 2.12. The Hall–Kier alpha value is -2.11. The van der Waals surface area contributed by atoms with Gasteiger partial charge in [-0.2, -0.15) is 0 Å². The van der Waals surface area contributed by atoms with Crippen molar-refractivity contribution in [3.8, 4) is 0 Å². The molecule has 5 heteroatoms. The van der Waals surface area contributed by atoms with Gasteiger partial charge in [-0.25, -0.2) is 4.79 Å². The summed E-state index contributed by atoms with van der Waals surface area (Å²) in [7, 11) is 0. The molecule has 2 heterocycles. The monoisotopic (exact) mass is 301 g/mol. The van der Waals surface area contributed by atoms with Crippen molar-refractivity contribution in [1.82, 2.24) is 5.32 Å². The van der Waals surface area contributed by atoms with E-state index in [-0.39, 0.29) is 6.04 Å². The molecule has 0 aliphatic rings. The third kappa shape index (κ3) is 2.99. The van der Waals surface area contributed by atoms with E-state index in [4.69, 9.17) is 9.52 Å². The molecule has 0 saturated carbocycles. The first-order valence-electron chi connectivity index (χ1n) is 6.66. The maximum atomic E-state index is 10.8. The Labute approximate surface area is 126 Å². The number of fused-ring (bicyclic) bond motifs is 1. The van der Waals surface area contributed by atoms with E-state index in [9.17, 15) is 4.79 Å². The molecular weight excluding hydrogens is 286 g/mol. The Balaban J connectivity index is 1.67. The number of furan rings is 1. The van der Waals surface area contributed by atoms with Crippen molar-refractivity contribution < 1.29 is 14.3 Å². The predicted molar refractivity (Wildman–Crippen MR) is 82.7 cm³/mol. The first-order chi connectivity index (χ1) is 10.1. The quantitative estimate of drug-likeness (QED) is 0.746. The van der Waals surface area contributed by atoms with E-state index in [1.165, 1.54) is 11.3 Å². The van der Waals surface area contributed by atoms with E-state index in [2.05, 4.69) is 5.32 Å². The lowest BCUT2D eigenvalue weighted by atomic mass is 10.2. The standard InChI is InChI=1S/C16H15NO3S/c1-10(15-7-11-4-2-3-5-14(11)20-15)17-8-13-6-12(9-21-13)16(18)19/h2-7,9-10,17H,8H2,1H3,(H,18,19). The number of rotatable bonds is 5. The summed E-state index contributed by atoms with van der Waals surface area (Å²) in [5.41, 5.74) is 1.22. The van der Waals surface area contributed by atoms with Crippen LogP contribution in [0.4, 0.5) is 0 Å². The summed E-state index contributed by atoms with van der Waals surface area (Å²) < 4.78 is 5.81. The highest BCUT2D eigenvalue weighted by atomic mass is 32.1. The first kappa shape index (κ1) is 13.9. The Bertz CT molecular complexity index is 742. The number of nitrogens with one attached hydrogen (secondary N) is 1. The van der Waals surface area contributed by atoms with Crippen molar-refractivity contribution in [1.29, 1.82) is 0 Å². The third-order valence-corrected chi connectivity index (χ3v) is 4.29. The number of hydrogen-bond donors (Lipinski definition) is 2. The van der Waals surface area contributed by atoms with E-state index < -0.39 is 5.97 Å². The molecule has 2 aromatic heterocycles. The fraction of sp³-hybridized carbons (Fsp3) is 0.188. The lowest BCUT2D eigenvalue weighted by Gasteiger charge is -2.09. The molecule has 0 spiro atoms. The molecule has 2 N–H and O–H groups in total. The predicted octanol–water partition coefficient (Wildman–Crippen LogP) is 4.04. The SMILES string of the molecule is CC(NCc1cc(C(=O)O)cs1)c1cc2ccccc2o1. The summed E-state index contributed by atoms with van der Waals surface area (Å²) in [4.78, 5) is 11.8. The highest BCUT2D eigenvalue weighted by molar-refractivity contribution is 7.10. The van der Waals surface area contributed by atoms with Crippen LogP contribution in [0.5, 0.6) is 0 Å². The van der Waals surface area contributed by atoms with E-state index in [0.29, 0.717) is 12.1 Å². The number of thiophene rings is 1. The van der Waals surface area contributed by atoms with Crippen LogP contribution in [0.15, 0.2) is 46.2 Å². The van der Waals surface area contributed by atoms with Gasteiger partial charge in [-0.1, -0.05) is 18.2 Å². The molecule has 1 unspecified atom stereocenters. The number of carboxylic acid groups (broad SMARTS) is 1. The largest absolute Gasteiger partial charge is 0.478 e. The normalized spacial score (nSPS) is 12.6. The van der Waals surface area contributed by atoms with E-state index >= 15 is 0 Å². The van der Waals surface area contributed by atoms with Gasteiger partial charge in [0.15, 0.2) is 0 Å². The van der Waals surface area contributed by atoms with Crippen LogP contribution in [-0.2, 0) is 6.54 Å². The summed E-state index contributed by atoms with van der Waals surface area (Å²) in [6.07, 6.45) is 0. The molecule has 0 aliphatic heterocycles. The van der Waals surface area contributed by atoms with Gasteiger partial charge in [-0.05, 0) is 25.1 Å². The van der Waals surface area contributed by atoms with Gasteiger partial charge in [-0.15, -0.1) is 11.3 Å². The summed E-state index contributed by atoms with van der Waals surface area (Å²) in [6, 6.07) is 11.7. The topological polar surface area (TPSA) is 62.5 Å². The molecule has 0 radical (unpaired) electrons. The molecule has 3 aromatic rings. The van der Waals surface area contributed by atoms with Crippen LogP contribution in [0.1, 0.15) is 34.0 Å². The number of carboxylic acids is 1. The molecule has 4 nitrogen and oxygen atoms in total. The van der Waals surface area contributed by atoms with E-state index in [0.717, 1.165) is 21.6 Å². The molecule has 1 aromatic carbocycles. The van der Waals surface area contributed by atoms with E-state index in [1.54, 1.807) is 11.4 Å². The highest BCUT2D eigenvalue weighted by Crippen LogP contribution is 2.24. The molecule has 0 fully saturated rings. The number of para-hydroxylation sites is 1. The minimum Gasteiger partial charge on any atom is -0.478 e. The summed E-state index contributed by atoms with van der Waals surface area (Å²) in [6.45, 7) is 2.65. The maximum Gasteiger partial charge on any atom is 0.336 e. The number of benzene rings is 1. The molecule has 0 aliphatic carbocycles. The Morgan fingerprint density at radius 3 is 2.90 bits per heavy atom. The van der Waals surface area contributed by atoms with Gasteiger partial charge in [0.1, 0.15) is 11.3 Å². The van der Waals surface area contributed by atoms with Crippen LogP contribution in [0.25, 0.3) is 11.0 Å². The summed E-state index contributed by atoms with van der Waals surface area (Å²) in [5.74, 6) is -0.00551. The van der Waals surface area contributed by atoms with Crippen LogP contribution in [0.2, 0.25) is 0 Å². The minimum absolute atomic E-state index is 0.0628. The summed E-state index contributed by atoms with van der Waals surface area (Å²) in [5, 5.41) is 15.0. The van der Waals surface area contributed by atoms with Crippen molar-refractivity contribution in [2.24, 2.45) is 0 Å². The van der Waals surface area contributed by atoms with Crippen LogP contribution in [0.3, 0.4) is 0 Å². The Morgan fingerprint density at radius 2 is 2.19 bits per heavy atom. The van der Waals surface area contributed by atoms with Crippen LogP contribution >= 0.6 is 11.3 Å². The van der Waals surface area contributed by atoms with Gasteiger partial charge in [0.25, 0.3) is 0 Å². The molecule has 0 amide bonds. The minimum atomic E-state index is -0.886. The average Bonchev–Trinajstić information content (AvgIpc) is 3.11. The smallest absolute Gasteiger partial charge is 0.336 e. The zero-order valence-corrected chi connectivity index (χ0v) is 12.3. The number of carbonyl (C=O) groups is 1. The molecule has 0 saturated heterocycles. The average molecular weight is 301 g/mol. The fourth-order valence-corrected chi connectivity index (χ4v) is 2.96. The van der Waals surface area contributed by atoms with Crippen molar-refractivity contribution in [3.05, 3.63) is 58.0 Å². The fourth-order valence-electron chi connectivity index (χ4n) is 2.16. The van der Waals surface area contributed by atoms with Gasteiger partial charge < -0.3 is 14.8 Å². The molecule has 108 valence electrons. The zero-order valence-electron chi connectivity index (χ0n) is 11.5. The van der Waals surface area contributed by atoms with Gasteiger partial charge in [0.05, 0.1) is 11.6 Å². The second kappa shape index (κ2) is 5.71. The molecule has 21 heavy (non-hydrogen) atoms. The van der Waals surface area contributed by atoms with Crippen LogP contribution in [0, 0.1) is 0 Å². The molecule has 1 atom stereocenters. The Morgan fingerprint density at radius 1 is 1.38 bits per heavy atom. The molecule has 0 bridgehead atoms. The zero-order chi connectivity index (χ0) is 14.8. The number of aromatic carboxylic acids is 1. The maximum absolute atomic E-state index is 10.8. The lowest BCUT2D eigenvalue weighted by molar-refractivity contribution is 0.0697. The van der Waals surface area contributed by atoms with E-state index in [1.807, 2.05) is 37.3 Å². The second-order valence-corrected chi connectivity index (χ2v) is 5.89. The summed E-state index contributed by atoms with van der Waals surface area (Å²) >= 11 is 1.45. The molecular formula is C16H15NO3S. The van der Waals surface area contributed by atoms with Gasteiger partial charge in [0.2, 0.25) is 0 Å². The van der Waals surface area contributed by atoms with Gasteiger partial charge in [-0.3, -0.25) is 0 Å². The van der Waals surface area contributed by atoms with Gasteiger partial charge >= 0.3 is 5.97 Å². The van der Waals surface area contributed by atoms with Crippen molar-refractivity contribution in [2.75, 3.05) is 0 Å². The van der Waals surface area contributed by atoms with Gasteiger partial charge in [0, 0.05) is 22.2 Å². The van der Waals surface area contributed by atoms with Crippen LogP contribution in [-0.4, -0.2) is 11.1 Å². The van der Waals surface area contributed by atoms with Crippen molar-refractivity contribution >= 4 is 28.3 Å². The Kier molecular flexibility index (Phi) is 3.77. The number of hydrogen-bond acceptors (Lipinski definition) is 4. The second-order valence-electron chi connectivity index (χ2n) is 4.90. The van der Waals surface area contributed by atoms with Crippen LogP contribution < -0.4 is 5.32 Å². The lowest BCUT2D eigenvalue weighted by Crippen LogP contribution is -2.16. The van der Waals surface area contributed by atoms with Crippen molar-refractivity contribution in [2.45, 2.75) is 19.5 Å². The van der Waals surface area contributed by atoms with Crippen molar-refractivity contribution in [3.63, 3.8) is 0 Å². The molecule has 3 rings (SSSR count). The third-order valence-electron chi connectivity index (χ3n) is 3.35.